The third-order valence-corrected chi connectivity index (χ3v) is 6.48. The molecule has 0 radical (unpaired) electrons. The first kappa shape index (κ1) is 21.7. The van der Waals surface area contributed by atoms with E-state index in [9.17, 15) is 4.79 Å². The number of rotatable bonds is 10. The Morgan fingerprint density at radius 1 is 1.12 bits per heavy atom. The van der Waals surface area contributed by atoms with Crippen LogP contribution >= 0.6 is 11.6 Å². The number of hydrogen-bond acceptors (Lipinski definition) is 4. The summed E-state index contributed by atoms with van der Waals surface area (Å²) in [6.07, 6.45) is 6.77. The molecule has 0 bridgehead atoms. The van der Waals surface area contributed by atoms with Crippen LogP contribution in [0.25, 0.3) is 10.9 Å². The van der Waals surface area contributed by atoms with E-state index in [0.717, 1.165) is 29.1 Å². The second kappa shape index (κ2) is 9.81. The number of carbonyl (C=O) groups excluding carboxylic acids is 1. The average molecular weight is 463 g/mol. The Labute approximate surface area is 198 Å². The predicted octanol–water partition coefficient (Wildman–Crippen LogP) is 5.19. The molecule has 2 aromatic heterocycles. The highest BCUT2D eigenvalue weighted by Crippen LogP contribution is 2.27. The number of carbonyl (C=O) groups is 1. The molecule has 6 nitrogen and oxygen atoms in total. The van der Waals surface area contributed by atoms with Crippen molar-refractivity contribution in [3.05, 3.63) is 88.7 Å². The smallest absolute Gasteiger partial charge is 0.273 e. The quantitative estimate of drug-likeness (QED) is 0.340. The van der Waals surface area contributed by atoms with Crippen molar-refractivity contribution in [1.29, 1.82) is 0 Å². The standard InChI is InChI=1S/C26H27ClN4O2/c27-22-7-3-1-5-20(22)15-31(12-11-19-14-28-23-8-4-2-6-21(19)23)16-25-30-24(17-33-25)26(32)29-13-18-9-10-18/h1-8,14,17-18,28H,9-13,15-16H2,(H,29,32). The van der Waals surface area contributed by atoms with Gasteiger partial charge in [-0.3, -0.25) is 9.69 Å². The lowest BCUT2D eigenvalue weighted by molar-refractivity contribution is 0.0946. The second-order valence-electron chi connectivity index (χ2n) is 8.69. The number of nitrogens with zero attached hydrogens (tertiary/aromatic N) is 2. The van der Waals surface area contributed by atoms with Crippen LogP contribution in [0, 0.1) is 5.92 Å². The van der Waals surface area contributed by atoms with Gasteiger partial charge in [0.15, 0.2) is 5.69 Å². The number of aromatic nitrogens is 2. The Morgan fingerprint density at radius 3 is 2.79 bits per heavy atom. The van der Waals surface area contributed by atoms with E-state index in [1.807, 2.05) is 30.3 Å². The van der Waals surface area contributed by atoms with Crippen LogP contribution < -0.4 is 5.32 Å². The number of fused-ring (bicyclic) bond motifs is 1. The maximum Gasteiger partial charge on any atom is 0.273 e. The van der Waals surface area contributed by atoms with Gasteiger partial charge in [-0.15, -0.1) is 0 Å². The van der Waals surface area contributed by atoms with Crippen LogP contribution in [0.5, 0.6) is 0 Å². The molecule has 1 saturated carbocycles. The lowest BCUT2D eigenvalue weighted by atomic mass is 10.1. The van der Waals surface area contributed by atoms with Crippen LogP contribution in [0.15, 0.2) is 65.4 Å². The molecule has 1 amide bonds. The third kappa shape index (κ3) is 5.46. The van der Waals surface area contributed by atoms with Crippen molar-refractivity contribution in [3.8, 4) is 0 Å². The molecule has 1 aliphatic rings. The van der Waals surface area contributed by atoms with Gasteiger partial charge in [0.2, 0.25) is 5.89 Å². The first-order valence-electron chi connectivity index (χ1n) is 11.4. The molecule has 2 N–H and O–H groups in total. The molecule has 0 saturated heterocycles. The van der Waals surface area contributed by atoms with Gasteiger partial charge in [0.25, 0.3) is 5.91 Å². The van der Waals surface area contributed by atoms with E-state index in [1.54, 1.807) is 0 Å². The molecule has 0 spiro atoms. The number of amides is 1. The molecule has 4 aromatic rings. The number of halogens is 1. The number of nitrogens with one attached hydrogen (secondary N) is 2. The van der Waals surface area contributed by atoms with Crippen LogP contribution in [0.2, 0.25) is 5.02 Å². The van der Waals surface area contributed by atoms with Crippen molar-refractivity contribution >= 4 is 28.4 Å². The summed E-state index contributed by atoms with van der Waals surface area (Å²) in [6, 6.07) is 16.2. The highest BCUT2D eigenvalue weighted by atomic mass is 35.5. The number of para-hydroxylation sites is 1. The summed E-state index contributed by atoms with van der Waals surface area (Å²) >= 11 is 6.44. The van der Waals surface area contributed by atoms with E-state index in [-0.39, 0.29) is 5.91 Å². The molecular formula is C26H27ClN4O2. The molecule has 0 atom stereocenters. The normalized spacial score (nSPS) is 13.6. The van der Waals surface area contributed by atoms with Crippen LogP contribution in [-0.4, -0.2) is 33.9 Å². The number of benzene rings is 2. The van der Waals surface area contributed by atoms with Crippen molar-refractivity contribution in [2.75, 3.05) is 13.1 Å². The summed E-state index contributed by atoms with van der Waals surface area (Å²) in [4.78, 5) is 22.4. The monoisotopic (exact) mass is 462 g/mol. The molecule has 1 aliphatic carbocycles. The van der Waals surface area contributed by atoms with Crippen LogP contribution in [0.3, 0.4) is 0 Å². The highest BCUT2D eigenvalue weighted by molar-refractivity contribution is 6.31. The fourth-order valence-electron chi connectivity index (χ4n) is 4.03. The summed E-state index contributed by atoms with van der Waals surface area (Å²) in [5, 5.41) is 4.91. The fraction of sp³-hybridized carbons (Fsp3) is 0.308. The molecule has 7 heteroatoms. The molecule has 2 aromatic carbocycles. The molecule has 2 heterocycles. The largest absolute Gasteiger partial charge is 0.447 e. The van der Waals surface area contributed by atoms with Crippen LogP contribution in [0.1, 0.15) is 40.3 Å². The SMILES string of the molecule is O=C(NCC1CC1)c1coc(CN(CCc2c[nH]c3ccccc23)Cc2ccccc2Cl)n1. The van der Waals surface area contributed by atoms with Gasteiger partial charge < -0.3 is 14.7 Å². The summed E-state index contributed by atoms with van der Waals surface area (Å²) in [5.74, 6) is 0.974. The van der Waals surface area contributed by atoms with Crippen LogP contribution in [0.4, 0.5) is 0 Å². The van der Waals surface area contributed by atoms with Crippen molar-refractivity contribution in [3.63, 3.8) is 0 Å². The molecule has 0 aliphatic heterocycles. The van der Waals surface area contributed by atoms with Crippen molar-refractivity contribution < 1.29 is 9.21 Å². The zero-order chi connectivity index (χ0) is 22.6. The summed E-state index contributed by atoms with van der Waals surface area (Å²) in [7, 11) is 0. The molecular weight excluding hydrogens is 436 g/mol. The molecule has 170 valence electrons. The third-order valence-electron chi connectivity index (χ3n) is 6.12. The Hall–Kier alpha value is -3.09. The van der Waals surface area contributed by atoms with Gasteiger partial charge in [0.1, 0.15) is 6.26 Å². The van der Waals surface area contributed by atoms with Crippen molar-refractivity contribution in [1.82, 2.24) is 20.2 Å². The lowest BCUT2D eigenvalue weighted by Gasteiger charge is -2.21. The van der Waals surface area contributed by atoms with Gasteiger partial charge in [0.05, 0.1) is 6.54 Å². The van der Waals surface area contributed by atoms with E-state index in [1.165, 1.54) is 30.1 Å². The summed E-state index contributed by atoms with van der Waals surface area (Å²) in [5.41, 5.74) is 3.79. The first-order chi connectivity index (χ1) is 16.2. The minimum Gasteiger partial charge on any atom is -0.447 e. The van der Waals surface area contributed by atoms with Gasteiger partial charge in [-0.2, -0.15) is 0 Å². The van der Waals surface area contributed by atoms with E-state index in [4.69, 9.17) is 16.0 Å². The zero-order valence-corrected chi connectivity index (χ0v) is 19.1. The molecule has 33 heavy (non-hydrogen) atoms. The molecule has 1 fully saturated rings. The average Bonchev–Trinajstić information content (AvgIpc) is 3.39. The second-order valence-corrected chi connectivity index (χ2v) is 9.10. The number of aromatic amines is 1. The minimum absolute atomic E-state index is 0.173. The topological polar surface area (TPSA) is 74.2 Å². The maximum absolute atomic E-state index is 12.3. The fourth-order valence-corrected chi connectivity index (χ4v) is 4.22. The maximum atomic E-state index is 12.3. The highest BCUT2D eigenvalue weighted by Gasteiger charge is 2.23. The number of H-pyrrole nitrogens is 1. The van der Waals surface area contributed by atoms with Crippen molar-refractivity contribution in [2.24, 2.45) is 5.92 Å². The Balaban J connectivity index is 1.29. The lowest BCUT2D eigenvalue weighted by Crippen LogP contribution is -2.27. The van der Waals surface area contributed by atoms with E-state index in [0.29, 0.717) is 37.1 Å². The number of oxazole rings is 1. The molecule has 0 unspecified atom stereocenters. The Morgan fingerprint density at radius 2 is 1.94 bits per heavy atom. The number of hydrogen-bond donors (Lipinski definition) is 2. The van der Waals surface area contributed by atoms with E-state index < -0.39 is 0 Å². The summed E-state index contributed by atoms with van der Waals surface area (Å²) in [6.45, 7) is 2.65. The first-order valence-corrected chi connectivity index (χ1v) is 11.8. The van der Waals surface area contributed by atoms with Gasteiger partial charge in [-0.25, -0.2) is 4.98 Å². The zero-order valence-electron chi connectivity index (χ0n) is 18.4. The Kier molecular flexibility index (Phi) is 6.46. The minimum atomic E-state index is -0.173. The van der Waals surface area contributed by atoms with Gasteiger partial charge >= 0.3 is 0 Å². The van der Waals surface area contributed by atoms with Gasteiger partial charge in [-0.05, 0) is 48.4 Å². The predicted molar refractivity (Wildman–Crippen MR) is 129 cm³/mol. The summed E-state index contributed by atoms with van der Waals surface area (Å²) < 4.78 is 5.66. The van der Waals surface area contributed by atoms with Crippen LogP contribution in [-0.2, 0) is 19.5 Å². The Bertz CT molecular complexity index is 1240. The van der Waals surface area contributed by atoms with E-state index in [2.05, 4.69) is 44.6 Å². The molecule has 5 rings (SSSR count). The van der Waals surface area contributed by atoms with Gasteiger partial charge in [0, 0.05) is 41.8 Å². The van der Waals surface area contributed by atoms with Gasteiger partial charge in [-0.1, -0.05) is 48.0 Å². The van der Waals surface area contributed by atoms with E-state index >= 15 is 0 Å². The van der Waals surface area contributed by atoms with Crippen molar-refractivity contribution in [2.45, 2.75) is 32.4 Å².